The maximum atomic E-state index is 13.2. The minimum absolute atomic E-state index is 0.464. The number of hydrogen-bond acceptors (Lipinski definition) is 2. The van der Waals surface area contributed by atoms with E-state index >= 15 is 0 Å². The summed E-state index contributed by atoms with van der Waals surface area (Å²) < 4.78 is 31.6. The molecule has 6 heteroatoms. The second-order valence-corrected chi connectivity index (χ2v) is 4.92. The minimum atomic E-state index is -0.946. The molecular weight excluding hydrogens is 302 g/mol. The number of benzene rings is 2. The lowest BCUT2D eigenvalue weighted by molar-refractivity contribution is 0.249. The van der Waals surface area contributed by atoms with Crippen LogP contribution < -0.4 is 15.4 Å². The zero-order valence-corrected chi connectivity index (χ0v) is 12.9. The third kappa shape index (κ3) is 4.42. The monoisotopic (exact) mass is 320 g/mol. The number of urea groups is 1. The number of anilines is 1. The number of amides is 2. The molecule has 1 unspecified atom stereocenters. The molecule has 0 heterocycles. The summed E-state index contributed by atoms with van der Waals surface area (Å²) >= 11 is 0. The molecule has 0 aliphatic heterocycles. The van der Waals surface area contributed by atoms with Crippen molar-refractivity contribution in [2.45, 2.75) is 19.9 Å². The van der Waals surface area contributed by atoms with E-state index in [0.29, 0.717) is 23.6 Å². The Labute approximate surface area is 133 Å². The smallest absolute Gasteiger partial charge is 0.319 e. The fraction of sp³-hybridized carbons (Fsp3) is 0.235. The van der Waals surface area contributed by atoms with Crippen molar-refractivity contribution in [1.82, 2.24) is 5.32 Å². The van der Waals surface area contributed by atoms with Crippen molar-refractivity contribution < 1.29 is 18.3 Å². The van der Waals surface area contributed by atoms with Gasteiger partial charge in [-0.05, 0) is 43.7 Å². The molecule has 0 fully saturated rings. The fourth-order valence-corrected chi connectivity index (χ4v) is 2.07. The van der Waals surface area contributed by atoms with Gasteiger partial charge < -0.3 is 15.4 Å². The fourth-order valence-electron chi connectivity index (χ4n) is 2.07. The Morgan fingerprint density at radius 1 is 1.17 bits per heavy atom. The largest absolute Gasteiger partial charge is 0.492 e. The van der Waals surface area contributed by atoms with Crippen molar-refractivity contribution in [1.29, 1.82) is 0 Å². The summed E-state index contributed by atoms with van der Waals surface area (Å²) in [6, 6.07) is 9.62. The predicted octanol–water partition coefficient (Wildman–Crippen LogP) is 4.25. The molecule has 2 aromatic carbocycles. The topological polar surface area (TPSA) is 50.4 Å². The maximum Gasteiger partial charge on any atom is 0.319 e. The van der Waals surface area contributed by atoms with E-state index in [1.165, 1.54) is 6.07 Å². The molecule has 2 rings (SSSR count). The van der Waals surface area contributed by atoms with Crippen LogP contribution in [0.4, 0.5) is 19.3 Å². The van der Waals surface area contributed by atoms with Gasteiger partial charge >= 0.3 is 6.03 Å². The molecule has 0 aromatic heterocycles. The summed E-state index contributed by atoms with van der Waals surface area (Å²) in [5, 5.41) is 5.35. The molecule has 0 bridgehead atoms. The summed E-state index contributed by atoms with van der Waals surface area (Å²) in [4.78, 5) is 12.1. The normalized spacial score (nSPS) is 11.7. The van der Waals surface area contributed by atoms with Crippen LogP contribution in [0.5, 0.6) is 5.75 Å². The number of hydrogen-bond donors (Lipinski definition) is 2. The van der Waals surface area contributed by atoms with Crippen LogP contribution in [0.25, 0.3) is 0 Å². The van der Waals surface area contributed by atoms with Gasteiger partial charge in [0.05, 0.1) is 18.3 Å². The van der Waals surface area contributed by atoms with Crippen LogP contribution in [-0.4, -0.2) is 12.6 Å². The Kier molecular flexibility index (Phi) is 5.51. The highest BCUT2D eigenvalue weighted by Crippen LogP contribution is 2.24. The van der Waals surface area contributed by atoms with Crippen LogP contribution in [0.2, 0.25) is 0 Å². The first-order chi connectivity index (χ1) is 11.0. The van der Waals surface area contributed by atoms with E-state index in [1.54, 1.807) is 31.2 Å². The molecular formula is C17H18F2N2O2. The van der Waals surface area contributed by atoms with Crippen molar-refractivity contribution in [3.05, 3.63) is 59.7 Å². The summed E-state index contributed by atoms with van der Waals surface area (Å²) in [5.41, 5.74) is 1.00. The van der Waals surface area contributed by atoms with Crippen LogP contribution in [0.3, 0.4) is 0 Å². The molecule has 4 nitrogen and oxygen atoms in total. The molecule has 122 valence electrons. The van der Waals surface area contributed by atoms with Gasteiger partial charge in [0.1, 0.15) is 5.75 Å². The second kappa shape index (κ2) is 7.58. The molecule has 0 spiro atoms. The molecule has 2 amide bonds. The van der Waals surface area contributed by atoms with Gasteiger partial charge in [-0.2, -0.15) is 0 Å². The Morgan fingerprint density at radius 3 is 2.61 bits per heavy atom. The highest BCUT2D eigenvalue weighted by atomic mass is 19.2. The van der Waals surface area contributed by atoms with Gasteiger partial charge in [0.15, 0.2) is 11.6 Å². The van der Waals surface area contributed by atoms with Gasteiger partial charge in [-0.15, -0.1) is 0 Å². The zero-order valence-electron chi connectivity index (χ0n) is 12.9. The number of carbonyl (C=O) groups excluding carboxylic acids is 1. The van der Waals surface area contributed by atoms with E-state index in [1.807, 2.05) is 6.92 Å². The summed E-state index contributed by atoms with van der Waals surface area (Å²) in [6.45, 7) is 4.01. The quantitative estimate of drug-likeness (QED) is 0.865. The molecule has 2 aromatic rings. The SMILES string of the molecule is CCOc1ccccc1NC(=O)NC(C)c1ccc(F)c(F)c1. The van der Waals surface area contributed by atoms with Crippen molar-refractivity contribution >= 4 is 11.7 Å². The Bertz CT molecular complexity index is 692. The van der Waals surface area contributed by atoms with E-state index in [9.17, 15) is 13.6 Å². The number of rotatable bonds is 5. The number of nitrogens with one attached hydrogen (secondary N) is 2. The molecule has 0 saturated heterocycles. The third-order valence-electron chi connectivity index (χ3n) is 3.23. The van der Waals surface area contributed by atoms with Crippen LogP contribution >= 0.6 is 0 Å². The number of para-hydroxylation sites is 2. The number of carbonyl (C=O) groups is 1. The van der Waals surface area contributed by atoms with E-state index < -0.39 is 23.7 Å². The lowest BCUT2D eigenvalue weighted by Crippen LogP contribution is -2.31. The van der Waals surface area contributed by atoms with Crippen LogP contribution in [0.1, 0.15) is 25.5 Å². The minimum Gasteiger partial charge on any atom is -0.492 e. The first-order valence-corrected chi connectivity index (χ1v) is 7.25. The molecule has 0 aliphatic rings. The highest BCUT2D eigenvalue weighted by Gasteiger charge is 2.13. The van der Waals surface area contributed by atoms with E-state index in [-0.39, 0.29) is 0 Å². The average Bonchev–Trinajstić information content (AvgIpc) is 2.52. The molecule has 0 aliphatic carbocycles. The van der Waals surface area contributed by atoms with E-state index in [2.05, 4.69) is 10.6 Å². The highest BCUT2D eigenvalue weighted by molar-refractivity contribution is 5.91. The van der Waals surface area contributed by atoms with Crippen LogP contribution in [0, 0.1) is 11.6 Å². The lowest BCUT2D eigenvalue weighted by atomic mass is 10.1. The van der Waals surface area contributed by atoms with Gasteiger partial charge in [0.25, 0.3) is 0 Å². The molecule has 0 saturated carbocycles. The lowest BCUT2D eigenvalue weighted by Gasteiger charge is -2.16. The predicted molar refractivity (Wildman–Crippen MR) is 84.5 cm³/mol. The Hall–Kier alpha value is -2.63. The molecule has 23 heavy (non-hydrogen) atoms. The third-order valence-corrected chi connectivity index (χ3v) is 3.23. The number of halogens is 2. The van der Waals surface area contributed by atoms with Gasteiger partial charge in [-0.3, -0.25) is 0 Å². The van der Waals surface area contributed by atoms with Gasteiger partial charge in [0.2, 0.25) is 0 Å². The zero-order chi connectivity index (χ0) is 16.8. The molecule has 0 radical (unpaired) electrons. The van der Waals surface area contributed by atoms with Crippen molar-refractivity contribution in [3.63, 3.8) is 0 Å². The van der Waals surface area contributed by atoms with Gasteiger partial charge in [-0.25, -0.2) is 13.6 Å². The molecule has 1 atom stereocenters. The maximum absolute atomic E-state index is 13.2. The number of ether oxygens (including phenoxy) is 1. The van der Waals surface area contributed by atoms with Gasteiger partial charge in [-0.1, -0.05) is 18.2 Å². The van der Waals surface area contributed by atoms with E-state index in [4.69, 9.17) is 4.74 Å². The first-order valence-electron chi connectivity index (χ1n) is 7.25. The van der Waals surface area contributed by atoms with Crippen LogP contribution in [0.15, 0.2) is 42.5 Å². The van der Waals surface area contributed by atoms with E-state index in [0.717, 1.165) is 12.1 Å². The van der Waals surface area contributed by atoms with Crippen molar-refractivity contribution in [2.24, 2.45) is 0 Å². The first kappa shape index (κ1) is 16.7. The summed E-state index contributed by atoms with van der Waals surface area (Å²) in [5.74, 6) is -1.31. The summed E-state index contributed by atoms with van der Waals surface area (Å²) in [6.07, 6.45) is 0. The standard InChI is InChI=1S/C17H18F2N2O2/c1-3-23-16-7-5-4-6-15(16)21-17(22)20-11(2)12-8-9-13(18)14(19)10-12/h4-11H,3H2,1-2H3,(H2,20,21,22). The second-order valence-electron chi connectivity index (χ2n) is 4.92. The Balaban J connectivity index is 2.03. The van der Waals surface area contributed by atoms with Crippen molar-refractivity contribution in [3.8, 4) is 5.75 Å². The van der Waals surface area contributed by atoms with Crippen molar-refractivity contribution in [2.75, 3.05) is 11.9 Å². The van der Waals surface area contributed by atoms with Crippen LogP contribution in [-0.2, 0) is 0 Å². The average molecular weight is 320 g/mol. The Morgan fingerprint density at radius 2 is 1.91 bits per heavy atom. The van der Waals surface area contributed by atoms with Gasteiger partial charge in [0, 0.05) is 0 Å². The molecule has 2 N–H and O–H groups in total. The summed E-state index contributed by atoms with van der Waals surface area (Å²) in [7, 11) is 0.